The maximum Gasteiger partial charge on any atom is 0.419 e. The minimum absolute atomic E-state index is 0.120. The summed E-state index contributed by atoms with van der Waals surface area (Å²) in [4.78, 5) is 28.3. The van der Waals surface area contributed by atoms with Crippen LogP contribution in [-0.2, 0) is 16.0 Å². The number of rotatable bonds is 6. The van der Waals surface area contributed by atoms with Crippen molar-refractivity contribution >= 4 is 34.6 Å². The lowest BCUT2D eigenvalue weighted by Crippen LogP contribution is -2.50. The lowest BCUT2D eigenvalue weighted by atomic mass is 9.99. The van der Waals surface area contributed by atoms with Gasteiger partial charge in [-0.05, 0) is 44.5 Å². The van der Waals surface area contributed by atoms with Gasteiger partial charge < -0.3 is 14.2 Å². The molecule has 0 saturated carbocycles. The Morgan fingerprint density at radius 2 is 1.73 bits per heavy atom. The monoisotopic (exact) mass is 595 g/mol. The summed E-state index contributed by atoms with van der Waals surface area (Å²) in [6.45, 7) is 5.24. The number of carbonyl (C=O) groups excluding carboxylic acids is 2. The molecule has 1 fully saturated rings. The highest BCUT2D eigenvalue weighted by molar-refractivity contribution is 6.35. The molecule has 222 valence electrons. The standard InChI is InChI=1S/C29H33ClF3N3O5/c1-28(2,3)41-27(38)36-11-10-20-21(24(39-4)14-22(30)25(20)36)15-35-13-12-34(17-29(31,32)33)16-23(35)18-6-8-19(9-7-18)26(37)40-5/h6-11,14,23H,12-13,15-17H2,1-5H3/t23-/m0/s1. The molecule has 0 N–H and O–H groups in total. The van der Waals surface area contributed by atoms with Gasteiger partial charge in [-0.25, -0.2) is 9.59 Å². The SMILES string of the molecule is COC(=O)c1ccc([C@@H]2CN(CC(F)(F)F)CCN2Cc2c(OC)cc(Cl)c3c2ccn3C(=O)OC(C)(C)C)cc1. The largest absolute Gasteiger partial charge is 0.496 e. The zero-order chi connectivity index (χ0) is 30.1. The molecule has 3 aromatic rings. The average Bonchev–Trinajstić information content (AvgIpc) is 3.35. The van der Waals surface area contributed by atoms with E-state index in [0.29, 0.717) is 40.3 Å². The molecule has 0 radical (unpaired) electrons. The fourth-order valence-electron chi connectivity index (χ4n) is 5.07. The van der Waals surface area contributed by atoms with E-state index < -0.39 is 36.4 Å². The highest BCUT2D eigenvalue weighted by atomic mass is 35.5. The number of nitrogens with zero attached hydrogens (tertiary/aromatic N) is 3. The number of methoxy groups -OCH3 is 2. The van der Waals surface area contributed by atoms with Crippen molar-refractivity contribution in [3.05, 3.63) is 64.3 Å². The van der Waals surface area contributed by atoms with Crippen LogP contribution in [0.3, 0.4) is 0 Å². The van der Waals surface area contributed by atoms with E-state index in [0.717, 1.165) is 11.1 Å². The van der Waals surface area contributed by atoms with Gasteiger partial charge in [0.15, 0.2) is 0 Å². The van der Waals surface area contributed by atoms with Gasteiger partial charge in [0.25, 0.3) is 0 Å². The number of ether oxygens (including phenoxy) is 3. The van der Waals surface area contributed by atoms with E-state index >= 15 is 0 Å². The summed E-state index contributed by atoms with van der Waals surface area (Å²) in [5.74, 6) is -0.0134. The predicted octanol–water partition coefficient (Wildman–Crippen LogP) is 6.29. The number of piperazine rings is 1. The van der Waals surface area contributed by atoms with Crippen LogP contribution in [0.4, 0.5) is 18.0 Å². The van der Waals surface area contributed by atoms with Crippen LogP contribution in [0.1, 0.15) is 48.3 Å². The zero-order valence-electron chi connectivity index (χ0n) is 23.5. The van der Waals surface area contributed by atoms with Crippen molar-refractivity contribution in [3.63, 3.8) is 0 Å². The number of halogens is 4. The Kier molecular flexibility index (Phi) is 8.91. The Hall–Kier alpha value is -3.28. The van der Waals surface area contributed by atoms with Gasteiger partial charge in [-0.15, -0.1) is 0 Å². The first-order valence-electron chi connectivity index (χ1n) is 13.0. The molecule has 2 aromatic carbocycles. The minimum atomic E-state index is -4.34. The van der Waals surface area contributed by atoms with E-state index in [1.165, 1.54) is 23.7 Å². The first kappa shape index (κ1) is 30.7. The Balaban J connectivity index is 1.73. The van der Waals surface area contributed by atoms with Gasteiger partial charge in [0.1, 0.15) is 11.4 Å². The van der Waals surface area contributed by atoms with Crippen LogP contribution in [0.5, 0.6) is 5.75 Å². The molecule has 2 heterocycles. The van der Waals surface area contributed by atoms with E-state index in [1.807, 2.05) is 0 Å². The summed E-state index contributed by atoms with van der Waals surface area (Å²) in [6, 6.07) is 9.61. The summed E-state index contributed by atoms with van der Waals surface area (Å²) in [7, 11) is 2.79. The molecular weight excluding hydrogens is 563 g/mol. The van der Waals surface area contributed by atoms with Crippen LogP contribution in [-0.4, -0.2) is 78.6 Å². The second-order valence-corrected chi connectivity index (χ2v) is 11.3. The van der Waals surface area contributed by atoms with Gasteiger partial charge in [-0.2, -0.15) is 13.2 Å². The molecule has 0 aliphatic carbocycles. The summed E-state index contributed by atoms with van der Waals surface area (Å²) in [5, 5.41) is 0.958. The van der Waals surface area contributed by atoms with Crippen LogP contribution >= 0.6 is 11.6 Å². The van der Waals surface area contributed by atoms with Gasteiger partial charge in [0.05, 0.1) is 36.9 Å². The maximum absolute atomic E-state index is 13.3. The highest BCUT2D eigenvalue weighted by Crippen LogP contribution is 2.38. The Morgan fingerprint density at radius 3 is 2.32 bits per heavy atom. The van der Waals surface area contributed by atoms with Crippen LogP contribution in [0.2, 0.25) is 5.02 Å². The molecule has 1 saturated heterocycles. The third kappa shape index (κ3) is 7.14. The number of carbonyl (C=O) groups is 2. The second kappa shape index (κ2) is 11.9. The van der Waals surface area contributed by atoms with E-state index in [2.05, 4.69) is 4.90 Å². The topological polar surface area (TPSA) is 73.2 Å². The number of hydrogen-bond acceptors (Lipinski definition) is 7. The molecule has 1 aliphatic heterocycles. The first-order chi connectivity index (χ1) is 19.2. The van der Waals surface area contributed by atoms with Crippen molar-refractivity contribution in [2.45, 2.75) is 45.1 Å². The normalized spacial score (nSPS) is 17.0. The molecule has 1 aromatic heterocycles. The molecule has 4 rings (SSSR count). The van der Waals surface area contributed by atoms with Crippen LogP contribution in [0.15, 0.2) is 42.6 Å². The van der Waals surface area contributed by atoms with Crippen LogP contribution in [0.25, 0.3) is 10.9 Å². The molecular formula is C29H33ClF3N3O5. The van der Waals surface area contributed by atoms with Crippen molar-refractivity contribution in [1.29, 1.82) is 0 Å². The molecule has 41 heavy (non-hydrogen) atoms. The van der Waals surface area contributed by atoms with Crippen LogP contribution < -0.4 is 4.74 Å². The van der Waals surface area contributed by atoms with Gasteiger partial charge in [-0.3, -0.25) is 14.4 Å². The smallest absolute Gasteiger partial charge is 0.419 e. The number of alkyl halides is 3. The first-order valence-corrected chi connectivity index (χ1v) is 13.4. The lowest BCUT2D eigenvalue weighted by Gasteiger charge is -2.42. The molecule has 0 bridgehead atoms. The summed E-state index contributed by atoms with van der Waals surface area (Å²) in [5.41, 5.74) is 1.55. The fraction of sp³-hybridized carbons (Fsp3) is 0.448. The molecule has 1 aliphatic rings. The van der Waals surface area contributed by atoms with E-state index in [1.54, 1.807) is 63.4 Å². The van der Waals surface area contributed by atoms with E-state index in [4.69, 9.17) is 25.8 Å². The van der Waals surface area contributed by atoms with Crippen LogP contribution in [0, 0.1) is 0 Å². The predicted molar refractivity (Wildman–Crippen MR) is 149 cm³/mol. The third-order valence-electron chi connectivity index (χ3n) is 6.86. The molecule has 0 amide bonds. The number of hydrogen-bond donors (Lipinski definition) is 0. The van der Waals surface area contributed by atoms with Gasteiger partial charge >= 0.3 is 18.2 Å². The Labute approximate surface area is 241 Å². The quantitative estimate of drug-likeness (QED) is 0.310. The van der Waals surface area contributed by atoms with Crippen molar-refractivity contribution in [3.8, 4) is 5.75 Å². The van der Waals surface area contributed by atoms with E-state index in [-0.39, 0.29) is 13.1 Å². The van der Waals surface area contributed by atoms with Crippen molar-refractivity contribution in [2.24, 2.45) is 0 Å². The molecule has 0 unspecified atom stereocenters. The van der Waals surface area contributed by atoms with Gasteiger partial charge in [0.2, 0.25) is 0 Å². The summed E-state index contributed by atoms with van der Waals surface area (Å²) in [6.07, 6.45) is -3.34. The molecule has 1 atom stereocenters. The highest BCUT2D eigenvalue weighted by Gasteiger charge is 2.36. The zero-order valence-corrected chi connectivity index (χ0v) is 24.3. The second-order valence-electron chi connectivity index (χ2n) is 10.9. The number of fused-ring (bicyclic) bond motifs is 1. The minimum Gasteiger partial charge on any atom is -0.496 e. The molecule has 0 spiro atoms. The third-order valence-corrected chi connectivity index (χ3v) is 7.15. The number of benzene rings is 2. The number of aromatic nitrogens is 1. The summed E-state index contributed by atoms with van der Waals surface area (Å²) >= 11 is 6.60. The maximum atomic E-state index is 13.3. The van der Waals surface area contributed by atoms with Crippen molar-refractivity contribution in [2.75, 3.05) is 40.4 Å². The Morgan fingerprint density at radius 1 is 1.05 bits per heavy atom. The fourth-order valence-corrected chi connectivity index (χ4v) is 5.37. The number of esters is 1. The Bertz CT molecular complexity index is 1420. The van der Waals surface area contributed by atoms with Gasteiger partial charge in [-0.1, -0.05) is 23.7 Å². The lowest BCUT2D eigenvalue weighted by molar-refractivity contribution is -0.152. The van der Waals surface area contributed by atoms with Gasteiger partial charge in [0, 0.05) is 55.4 Å². The van der Waals surface area contributed by atoms with Crippen molar-refractivity contribution < 1.29 is 37.0 Å². The summed E-state index contributed by atoms with van der Waals surface area (Å²) < 4.78 is 57.2. The average molecular weight is 596 g/mol. The van der Waals surface area contributed by atoms with Crippen molar-refractivity contribution in [1.82, 2.24) is 14.4 Å². The van der Waals surface area contributed by atoms with E-state index in [9.17, 15) is 22.8 Å². The molecule has 12 heteroatoms. The molecule has 8 nitrogen and oxygen atoms in total.